The van der Waals surface area contributed by atoms with E-state index in [4.69, 9.17) is 0 Å². The molecule has 0 amide bonds. The van der Waals surface area contributed by atoms with Crippen molar-refractivity contribution in [3.8, 4) is 11.8 Å². The van der Waals surface area contributed by atoms with Gasteiger partial charge < -0.3 is 20.6 Å². The van der Waals surface area contributed by atoms with E-state index in [0.717, 1.165) is 44.0 Å². The number of nitrogens with one attached hydrogen (secondary N) is 2. The molecule has 8 nitrogen and oxygen atoms in total. The van der Waals surface area contributed by atoms with Gasteiger partial charge in [0.05, 0.1) is 25.5 Å². The molecule has 3 aromatic rings. The first-order valence-electron chi connectivity index (χ1n) is 11.8. The molecule has 5 rings (SSSR count). The summed E-state index contributed by atoms with van der Waals surface area (Å²) < 4.78 is 1.76. The van der Waals surface area contributed by atoms with Crippen molar-refractivity contribution in [1.82, 2.24) is 25.1 Å². The number of aromatic nitrogens is 4. The Bertz CT molecular complexity index is 1220. The van der Waals surface area contributed by atoms with E-state index in [1.165, 1.54) is 11.1 Å². The fraction of sp³-hybridized carbons (Fsp3) is 0.423. The monoisotopic (exact) mass is 457 g/mol. The van der Waals surface area contributed by atoms with Gasteiger partial charge in [-0.05, 0) is 48.8 Å². The second kappa shape index (κ2) is 9.45. The minimum atomic E-state index is -0.155. The zero-order valence-corrected chi connectivity index (χ0v) is 19.8. The largest absolute Gasteiger partial charge is 0.390 e. The van der Waals surface area contributed by atoms with Crippen molar-refractivity contribution >= 4 is 11.6 Å². The Kier molecular flexibility index (Phi) is 6.22. The third-order valence-corrected chi connectivity index (χ3v) is 7.24. The average Bonchev–Trinajstić information content (AvgIpc) is 3.41. The van der Waals surface area contributed by atoms with Gasteiger partial charge >= 0.3 is 0 Å². The molecule has 176 valence electrons. The quantitative estimate of drug-likeness (QED) is 0.506. The molecule has 1 atom stereocenters. The summed E-state index contributed by atoms with van der Waals surface area (Å²) in [4.78, 5) is 11.5. The van der Waals surface area contributed by atoms with E-state index >= 15 is 0 Å². The summed E-state index contributed by atoms with van der Waals surface area (Å²) in [5, 5.41) is 20.9. The van der Waals surface area contributed by atoms with Crippen LogP contribution in [0.3, 0.4) is 0 Å². The molecule has 2 aromatic heterocycles. The minimum absolute atomic E-state index is 0.155. The van der Waals surface area contributed by atoms with Gasteiger partial charge in [-0.2, -0.15) is 5.10 Å². The van der Waals surface area contributed by atoms with E-state index in [0.29, 0.717) is 24.0 Å². The predicted molar refractivity (Wildman–Crippen MR) is 132 cm³/mol. The Morgan fingerprint density at radius 3 is 2.76 bits per heavy atom. The number of hydrogen-bond donors (Lipinski definition) is 3. The molecule has 2 aliphatic rings. The van der Waals surface area contributed by atoms with Crippen molar-refractivity contribution in [1.29, 1.82) is 0 Å². The average molecular weight is 458 g/mol. The van der Waals surface area contributed by atoms with Crippen molar-refractivity contribution in [3.05, 3.63) is 65.2 Å². The Balaban J connectivity index is 1.26. The summed E-state index contributed by atoms with van der Waals surface area (Å²) in [5.74, 6) is 7.78. The molecule has 0 saturated carbocycles. The van der Waals surface area contributed by atoms with Crippen LogP contribution in [-0.2, 0) is 20.1 Å². The van der Waals surface area contributed by atoms with Gasteiger partial charge in [-0.1, -0.05) is 30.2 Å². The first-order valence-corrected chi connectivity index (χ1v) is 11.8. The zero-order valence-electron chi connectivity index (χ0n) is 19.8. The minimum Gasteiger partial charge on any atom is -0.390 e. The van der Waals surface area contributed by atoms with Crippen LogP contribution in [0.1, 0.15) is 41.4 Å². The number of aliphatic hydroxyl groups excluding tert-OH is 1. The van der Waals surface area contributed by atoms with E-state index in [2.05, 4.69) is 73.8 Å². The van der Waals surface area contributed by atoms with Gasteiger partial charge in [0.1, 0.15) is 17.2 Å². The van der Waals surface area contributed by atoms with Crippen molar-refractivity contribution in [2.45, 2.75) is 31.9 Å². The van der Waals surface area contributed by atoms with Gasteiger partial charge in [0.2, 0.25) is 0 Å². The van der Waals surface area contributed by atoms with Crippen LogP contribution in [0.25, 0.3) is 0 Å². The first kappa shape index (κ1) is 22.4. The van der Waals surface area contributed by atoms with Crippen LogP contribution in [0.5, 0.6) is 0 Å². The lowest BCUT2D eigenvalue weighted by atomic mass is 9.73. The second-order valence-corrected chi connectivity index (χ2v) is 9.13. The predicted octanol–water partition coefficient (Wildman–Crippen LogP) is 2.27. The number of benzene rings is 1. The van der Waals surface area contributed by atoms with E-state index < -0.39 is 0 Å². The molecule has 1 aliphatic carbocycles. The maximum absolute atomic E-state index is 9.99. The smallest absolute Gasteiger partial charge is 0.152 e. The Morgan fingerprint density at radius 1 is 1.21 bits per heavy atom. The van der Waals surface area contributed by atoms with Crippen molar-refractivity contribution in [3.63, 3.8) is 0 Å². The lowest BCUT2D eigenvalue weighted by Crippen LogP contribution is -2.45. The molecule has 8 heteroatoms. The Hall–Kier alpha value is -3.41. The highest BCUT2D eigenvalue weighted by Gasteiger charge is 2.47. The topological polar surface area (TPSA) is 91.1 Å². The summed E-state index contributed by atoms with van der Waals surface area (Å²) in [6.07, 6.45) is 6.70. The van der Waals surface area contributed by atoms with Crippen molar-refractivity contribution in [2.24, 2.45) is 12.5 Å². The molecule has 1 saturated heterocycles. The van der Waals surface area contributed by atoms with Crippen molar-refractivity contribution in [2.75, 3.05) is 36.9 Å². The summed E-state index contributed by atoms with van der Waals surface area (Å²) in [6.45, 7) is 2.11. The normalized spacial score (nSPS) is 18.4. The summed E-state index contributed by atoms with van der Waals surface area (Å²) >= 11 is 0. The number of anilines is 2. The van der Waals surface area contributed by atoms with E-state index in [1.54, 1.807) is 17.1 Å². The standard InChI is InChI=1S/C26H31N7O/c1-27-24-21-8-4-3-6-19(21)16-26(24)10-14-33(15-11-26)25-22(18-34)31-20(17-29-25)7-5-12-28-23-9-13-30-32(23)2/h3-4,6,8-9,13,17,24,27-28,34H,10-12,14-16,18H2,1-2H3. The Labute approximate surface area is 200 Å². The summed E-state index contributed by atoms with van der Waals surface area (Å²) in [6, 6.07) is 11.1. The molecular formula is C26H31N7O. The SMILES string of the molecule is CNC1c2ccccc2CC12CCN(c1ncc(C#CCNc3ccnn3C)nc1CO)CC2. The lowest BCUT2D eigenvalue weighted by Gasteiger charge is -2.44. The first-order chi connectivity index (χ1) is 16.6. The zero-order chi connectivity index (χ0) is 23.5. The molecule has 3 N–H and O–H groups in total. The lowest BCUT2D eigenvalue weighted by molar-refractivity contribution is 0.166. The van der Waals surface area contributed by atoms with Gasteiger partial charge in [0.15, 0.2) is 5.82 Å². The number of piperidine rings is 1. The summed E-state index contributed by atoms with van der Waals surface area (Å²) in [5.41, 5.74) is 4.28. The molecule has 34 heavy (non-hydrogen) atoms. The van der Waals surface area contributed by atoms with Crippen LogP contribution in [-0.4, -0.2) is 51.5 Å². The van der Waals surface area contributed by atoms with Crippen LogP contribution >= 0.6 is 0 Å². The molecule has 3 heterocycles. The number of fused-ring (bicyclic) bond motifs is 1. The number of aryl methyl sites for hydroxylation is 1. The molecule has 1 fully saturated rings. The van der Waals surface area contributed by atoms with Crippen LogP contribution in [0.15, 0.2) is 42.7 Å². The summed E-state index contributed by atoms with van der Waals surface area (Å²) in [7, 11) is 3.95. The highest BCUT2D eigenvalue weighted by Crippen LogP contribution is 2.52. The highest BCUT2D eigenvalue weighted by molar-refractivity contribution is 5.47. The number of hydrogen-bond acceptors (Lipinski definition) is 7. The number of rotatable bonds is 5. The van der Waals surface area contributed by atoms with Gasteiger partial charge in [0, 0.05) is 32.2 Å². The molecule has 1 aromatic carbocycles. The van der Waals surface area contributed by atoms with E-state index in [9.17, 15) is 5.11 Å². The van der Waals surface area contributed by atoms with E-state index in [-0.39, 0.29) is 12.0 Å². The van der Waals surface area contributed by atoms with Gasteiger partial charge in [-0.15, -0.1) is 0 Å². The molecule has 1 aliphatic heterocycles. The van der Waals surface area contributed by atoms with Crippen molar-refractivity contribution < 1.29 is 5.11 Å². The fourth-order valence-corrected chi connectivity index (χ4v) is 5.55. The van der Waals surface area contributed by atoms with Crippen LogP contribution in [0, 0.1) is 17.3 Å². The maximum atomic E-state index is 9.99. The van der Waals surface area contributed by atoms with Gasteiger partial charge in [-0.25, -0.2) is 9.97 Å². The molecular weight excluding hydrogens is 426 g/mol. The molecule has 0 bridgehead atoms. The number of aliphatic hydroxyl groups is 1. The second-order valence-electron chi connectivity index (χ2n) is 9.13. The van der Waals surface area contributed by atoms with E-state index in [1.807, 2.05) is 13.1 Å². The van der Waals surface area contributed by atoms with Crippen LogP contribution in [0.4, 0.5) is 11.6 Å². The fourth-order valence-electron chi connectivity index (χ4n) is 5.55. The molecule has 1 unspecified atom stereocenters. The van der Waals surface area contributed by atoms with Crippen LogP contribution in [0.2, 0.25) is 0 Å². The third kappa shape index (κ3) is 4.13. The van der Waals surface area contributed by atoms with Crippen LogP contribution < -0.4 is 15.5 Å². The number of nitrogens with zero attached hydrogens (tertiary/aromatic N) is 5. The highest BCUT2D eigenvalue weighted by atomic mass is 16.3. The molecule has 1 spiro atoms. The molecule has 0 radical (unpaired) electrons. The third-order valence-electron chi connectivity index (χ3n) is 7.24. The Morgan fingerprint density at radius 2 is 2.03 bits per heavy atom. The van der Waals surface area contributed by atoms with Gasteiger partial charge in [0.25, 0.3) is 0 Å². The maximum Gasteiger partial charge on any atom is 0.152 e. The van der Waals surface area contributed by atoms with Gasteiger partial charge in [-0.3, -0.25) is 4.68 Å².